The summed E-state index contributed by atoms with van der Waals surface area (Å²) in [6.45, 7) is 2.84. The Labute approximate surface area is 162 Å². The smallest absolute Gasteiger partial charge is 0.227 e. The minimum absolute atomic E-state index is 0.00281. The Kier molecular flexibility index (Phi) is 5.01. The molecule has 0 saturated carbocycles. The summed E-state index contributed by atoms with van der Waals surface area (Å²) >= 11 is 1.59. The lowest BCUT2D eigenvalue weighted by atomic mass is 9.82. The van der Waals surface area contributed by atoms with Crippen molar-refractivity contribution in [2.45, 2.75) is 19.4 Å². The number of likely N-dealkylation sites (tertiary alicyclic amines) is 2. The van der Waals surface area contributed by atoms with Crippen LogP contribution < -0.4 is 0 Å². The first kappa shape index (κ1) is 18.2. The van der Waals surface area contributed by atoms with Crippen molar-refractivity contribution in [2.24, 2.45) is 11.3 Å². The molecular formula is C19H24N4O3S. The Morgan fingerprint density at radius 2 is 2.04 bits per heavy atom. The molecule has 1 N–H and O–H groups in total. The van der Waals surface area contributed by atoms with Crippen molar-refractivity contribution in [1.29, 1.82) is 0 Å². The average Bonchev–Trinajstić information content (AvgIpc) is 3.42. The lowest BCUT2D eigenvalue weighted by molar-refractivity contribution is -0.132. The summed E-state index contributed by atoms with van der Waals surface area (Å²) in [6.07, 6.45) is 4.35. The molecule has 7 nitrogen and oxygen atoms in total. The van der Waals surface area contributed by atoms with Gasteiger partial charge < -0.3 is 14.9 Å². The average molecular weight is 388 g/mol. The van der Waals surface area contributed by atoms with Crippen LogP contribution in [-0.2, 0) is 22.6 Å². The highest BCUT2D eigenvalue weighted by Crippen LogP contribution is 2.42. The van der Waals surface area contributed by atoms with E-state index in [1.807, 2.05) is 38.9 Å². The van der Waals surface area contributed by atoms with Crippen LogP contribution in [0.3, 0.4) is 0 Å². The molecule has 2 amide bonds. The molecule has 2 atom stereocenters. The van der Waals surface area contributed by atoms with E-state index in [4.69, 9.17) is 0 Å². The third-order valence-corrected chi connectivity index (χ3v) is 6.56. The van der Waals surface area contributed by atoms with Gasteiger partial charge in [-0.1, -0.05) is 0 Å². The molecule has 4 heterocycles. The lowest BCUT2D eigenvalue weighted by Gasteiger charge is -2.27. The molecule has 8 heteroatoms. The fourth-order valence-electron chi connectivity index (χ4n) is 4.26. The highest BCUT2D eigenvalue weighted by molar-refractivity contribution is 7.08. The Balaban J connectivity index is 1.35. The highest BCUT2D eigenvalue weighted by atomic mass is 32.1. The molecule has 0 aliphatic carbocycles. The van der Waals surface area contributed by atoms with Gasteiger partial charge in [0.05, 0.1) is 13.0 Å². The van der Waals surface area contributed by atoms with Crippen LogP contribution in [0.2, 0.25) is 0 Å². The van der Waals surface area contributed by atoms with Gasteiger partial charge in [0, 0.05) is 62.9 Å². The minimum Gasteiger partial charge on any atom is -0.396 e. The number of fused-ring (bicyclic) bond motifs is 1. The molecule has 144 valence electrons. The highest BCUT2D eigenvalue weighted by Gasteiger charge is 2.53. The molecule has 2 aromatic rings. The van der Waals surface area contributed by atoms with Crippen molar-refractivity contribution in [1.82, 2.24) is 19.6 Å². The number of aliphatic hydroxyl groups is 1. The normalized spacial score (nSPS) is 24.4. The molecule has 0 aromatic carbocycles. The maximum Gasteiger partial charge on any atom is 0.227 e. The number of aromatic nitrogens is 2. The van der Waals surface area contributed by atoms with E-state index >= 15 is 0 Å². The molecule has 0 bridgehead atoms. The molecule has 2 unspecified atom stereocenters. The van der Waals surface area contributed by atoms with Gasteiger partial charge in [-0.3, -0.25) is 14.3 Å². The third kappa shape index (κ3) is 3.64. The van der Waals surface area contributed by atoms with Crippen LogP contribution in [0.15, 0.2) is 35.3 Å². The standard InChI is InChI=1S/C19H24N4O3S/c24-14-19-12-21(17(25)2-6-23-5-1-4-20-23)9-16(19)10-22(13-19)18(26)8-15-3-7-27-11-15/h1,3-5,7,11,16,24H,2,6,8-10,12-14H2. The maximum atomic E-state index is 12.6. The minimum atomic E-state index is -0.383. The van der Waals surface area contributed by atoms with Crippen LogP contribution in [0.5, 0.6) is 0 Å². The number of aliphatic hydroxyl groups excluding tert-OH is 1. The van der Waals surface area contributed by atoms with Gasteiger partial charge in [-0.15, -0.1) is 0 Å². The van der Waals surface area contributed by atoms with E-state index in [9.17, 15) is 14.7 Å². The summed E-state index contributed by atoms with van der Waals surface area (Å²) in [4.78, 5) is 28.9. The van der Waals surface area contributed by atoms with Crippen LogP contribution in [0.4, 0.5) is 0 Å². The van der Waals surface area contributed by atoms with Crippen LogP contribution >= 0.6 is 11.3 Å². The molecule has 2 aliphatic rings. The number of thiophene rings is 1. The van der Waals surface area contributed by atoms with Gasteiger partial charge in [0.25, 0.3) is 0 Å². The van der Waals surface area contributed by atoms with E-state index in [0.717, 1.165) is 5.56 Å². The van der Waals surface area contributed by atoms with Crippen LogP contribution in [0.25, 0.3) is 0 Å². The van der Waals surface area contributed by atoms with Crippen molar-refractivity contribution in [3.63, 3.8) is 0 Å². The van der Waals surface area contributed by atoms with E-state index < -0.39 is 0 Å². The van der Waals surface area contributed by atoms with Gasteiger partial charge >= 0.3 is 0 Å². The summed E-state index contributed by atoms with van der Waals surface area (Å²) < 4.78 is 1.75. The van der Waals surface area contributed by atoms with Gasteiger partial charge in [0.1, 0.15) is 0 Å². The number of hydrogen-bond donors (Lipinski definition) is 1. The van der Waals surface area contributed by atoms with E-state index in [-0.39, 0.29) is 29.8 Å². The van der Waals surface area contributed by atoms with Crippen molar-refractivity contribution >= 4 is 23.2 Å². The summed E-state index contributed by atoms with van der Waals surface area (Å²) in [5, 5.41) is 18.2. The van der Waals surface area contributed by atoms with E-state index in [1.54, 1.807) is 22.2 Å². The monoisotopic (exact) mass is 388 g/mol. The largest absolute Gasteiger partial charge is 0.396 e. The maximum absolute atomic E-state index is 12.6. The topological polar surface area (TPSA) is 78.7 Å². The van der Waals surface area contributed by atoms with Gasteiger partial charge in [0.2, 0.25) is 11.8 Å². The first-order valence-electron chi connectivity index (χ1n) is 9.24. The first-order valence-corrected chi connectivity index (χ1v) is 10.2. The molecule has 4 rings (SSSR count). The Hall–Kier alpha value is -2.19. The Bertz CT molecular complexity index is 792. The number of hydrogen-bond acceptors (Lipinski definition) is 5. The SMILES string of the molecule is O=C(CCn1cccn1)N1CC2CN(C(=O)Cc3ccsc3)CC2(CO)C1. The summed E-state index contributed by atoms with van der Waals surface area (Å²) in [7, 11) is 0. The number of carbonyl (C=O) groups is 2. The van der Waals surface area contributed by atoms with Crippen molar-refractivity contribution in [2.75, 3.05) is 32.8 Å². The molecule has 2 aromatic heterocycles. The van der Waals surface area contributed by atoms with E-state index in [1.165, 1.54) is 0 Å². The van der Waals surface area contributed by atoms with Gasteiger partial charge in [0.15, 0.2) is 0 Å². The van der Waals surface area contributed by atoms with Crippen LogP contribution in [0.1, 0.15) is 12.0 Å². The number of amides is 2. The zero-order chi connectivity index (χ0) is 18.9. The predicted octanol–water partition coefficient (Wildman–Crippen LogP) is 0.857. The summed E-state index contributed by atoms with van der Waals surface area (Å²) in [6, 6.07) is 3.81. The predicted molar refractivity (Wildman–Crippen MR) is 101 cm³/mol. The summed E-state index contributed by atoms with van der Waals surface area (Å²) in [5.74, 6) is 0.332. The van der Waals surface area contributed by atoms with Crippen molar-refractivity contribution in [3.05, 3.63) is 40.8 Å². The second-order valence-corrected chi connectivity index (χ2v) is 8.37. The quantitative estimate of drug-likeness (QED) is 0.796. The number of aryl methyl sites for hydroxylation is 1. The van der Waals surface area contributed by atoms with Crippen LogP contribution in [-0.4, -0.2) is 69.3 Å². The number of carbonyl (C=O) groups excluding carboxylic acids is 2. The Morgan fingerprint density at radius 3 is 2.63 bits per heavy atom. The van der Waals surface area contributed by atoms with Gasteiger partial charge in [-0.25, -0.2) is 0 Å². The lowest BCUT2D eigenvalue weighted by Crippen LogP contribution is -2.41. The summed E-state index contributed by atoms with van der Waals surface area (Å²) in [5.41, 5.74) is 0.654. The molecule has 0 radical (unpaired) electrons. The fraction of sp³-hybridized carbons (Fsp3) is 0.526. The Morgan fingerprint density at radius 1 is 1.26 bits per heavy atom. The number of nitrogens with zero attached hydrogens (tertiary/aromatic N) is 4. The fourth-order valence-corrected chi connectivity index (χ4v) is 4.93. The molecule has 2 fully saturated rings. The van der Waals surface area contributed by atoms with Crippen molar-refractivity contribution < 1.29 is 14.7 Å². The second kappa shape index (κ2) is 7.44. The van der Waals surface area contributed by atoms with Crippen LogP contribution in [0, 0.1) is 11.3 Å². The first-order chi connectivity index (χ1) is 13.1. The van der Waals surface area contributed by atoms with E-state index in [2.05, 4.69) is 5.10 Å². The molecule has 27 heavy (non-hydrogen) atoms. The van der Waals surface area contributed by atoms with Gasteiger partial charge in [-0.05, 0) is 28.5 Å². The number of rotatable bonds is 6. The third-order valence-electron chi connectivity index (χ3n) is 5.83. The molecule has 0 spiro atoms. The molecular weight excluding hydrogens is 364 g/mol. The second-order valence-electron chi connectivity index (χ2n) is 7.59. The zero-order valence-electron chi connectivity index (χ0n) is 15.2. The van der Waals surface area contributed by atoms with Crippen molar-refractivity contribution in [3.8, 4) is 0 Å². The molecule has 2 saturated heterocycles. The van der Waals surface area contributed by atoms with E-state index in [0.29, 0.717) is 45.6 Å². The van der Waals surface area contributed by atoms with Gasteiger partial charge in [-0.2, -0.15) is 16.4 Å². The zero-order valence-corrected chi connectivity index (χ0v) is 16.0. The molecule has 2 aliphatic heterocycles.